The quantitative estimate of drug-likeness (QED) is 0.208. The van der Waals surface area contributed by atoms with Crippen LogP contribution in [0.2, 0.25) is 0 Å². The fraction of sp³-hybridized carbons (Fsp3) is 0.0385. The summed E-state index contributed by atoms with van der Waals surface area (Å²) in [6.07, 6.45) is 0. The number of rotatable bonds is 4. The van der Waals surface area contributed by atoms with Crippen LogP contribution in [0.25, 0.3) is 33.3 Å². The van der Waals surface area contributed by atoms with Crippen molar-refractivity contribution in [2.45, 2.75) is 0 Å². The van der Waals surface area contributed by atoms with Crippen LogP contribution in [0.3, 0.4) is 0 Å². The Kier molecular flexibility index (Phi) is 6.55. The van der Waals surface area contributed by atoms with Crippen molar-refractivity contribution in [3.8, 4) is 17.2 Å². The van der Waals surface area contributed by atoms with Crippen LogP contribution in [0.5, 0.6) is 5.75 Å². The molecule has 0 saturated carbocycles. The molecule has 5 rings (SSSR count). The van der Waals surface area contributed by atoms with Crippen LogP contribution in [0.15, 0.2) is 86.2 Å². The SMILES string of the molecule is COc1c(Br)cc(Br)cc1C(=O)NC(=S)Nc1ccc2oc(-c3cccc4ccccc34)nc2c1. The number of hydrogen-bond acceptors (Lipinski definition) is 5. The highest BCUT2D eigenvalue weighted by molar-refractivity contribution is 9.11. The number of nitrogens with one attached hydrogen (secondary N) is 2. The number of hydrogen-bond donors (Lipinski definition) is 2. The molecule has 2 N–H and O–H groups in total. The lowest BCUT2D eigenvalue weighted by atomic mass is 10.0. The molecule has 0 radical (unpaired) electrons. The number of fused-ring (bicyclic) bond motifs is 2. The minimum absolute atomic E-state index is 0.144. The van der Waals surface area contributed by atoms with Gasteiger partial charge in [-0.1, -0.05) is 52.3 Å². The topological polar surface area (TPSA) is 76.4 Å². The van der Waals surface area contributed by atoms with Gasteiger partial charge in [-0.3, -0.25) is 10.1 Å². The van der Waals surface area contributed by atoms with E-state index >= 15 is 0 Å². The lowest BCUT2D eigenvalue weighted by molar-refractivity contribution is 0.0974. The van der Waals surface area contributed by atoms with E-state index in [1.165, 1.54) is 7.11 Å². The van der Waals surface area contributed by atoms with E-state index < -0.39 is 5.91 Å². The third kappa shape index (κ3) is 4.80. The number of aromatic nitrogens is 1. The van der Waals surface area contributed by atoms with Gasteiger partial charge < -0.3 is 14.5 Å². The molecule has 0 aliphatic rings. The first-order valence-electron chi connectivity index (χ1n) is 10.5. The smallest absolute Gasteiger partial charge is 0.261 e. The highest BCUT2D eigenvalue weighted by Crippen LogP contribution is 2.33. The van der Waals surface area contributed by atoms with Gasteiger partial charge in [-0.05, 0) is 75.3 Å². The van der Waals surface area contributed by atoms with Crippen molar-refractivity contribution >= 4 is 82.7 Å². The molecule has 0 unspecified atom stereocenters. The third-order valence-corrected chi connectivity index (χ3v) is 6.60. The van der Waals surface area contributed by atoms with Gasteiger partial charge in [0.05, 0.1) is 17.1 Å². The van der Waals surface area contributed by atoms with E-state index in [1.807, 2.05) is 48.5 Å². The number of ether oxygens (including phenoxy) is 1. The standard InChI is InChI=1S/C26H17Br2N3O3S/c1-33-23-19(11-15(27)12-20(23)28)24(32)31-26(35)29-16-9-10-22-21(13-16)30-25(34-22)18-8-4-6-14-5-2-3-7-17(14)18/h2-13H,1H3,(H2,29,31,32,35). The summed E-state index contributed by atoms with van der Waals surface area (Å²) in [7, 11) is 1.50. The Balaban J connectivity index is 1.37. The molecule has 0 saturated heterocycles. The molecular formula is C26H17Br2N3O3S. The summed E-state index contributed by atoms with van der Waals surface area (Å²) in [5, 5.41) is 8.05. The van der Waals surface area contributed by atoms with Crippen LogP contribution >= 0.6 is 44.1 Å². The van der Waals surface area contributed by atoms with Crippen molar-refractivity contribution in [1.82, 2.24) is 10.3 Å². The molecule has 4 aromatic carbocycles. The van der Waals surface area contributed by atoms with E-state index in [4.69, 9.17) is 21.4 Å². The molecule has 5 aromatic rings. The van der Waals surface area contributed by atoms with Crippen LogP contribution in [-0.2, 0) is 0 Å². The first-order chi connectivity index (χ1) is 16.9. The lowest BCUT2D eigenvalue weighted by Crippen LogP contribution is -2.34. The van der Waals surface area contributed by atoms with Crippen LogP contribution in [-0.4, -0.2) is 23.1 Å². The van der Waals surface area contributed by atoms with E-state index in [0.717, 1.165) is 20.8 Å². The van der Waals surface area contributed by atoms with Gasteiger partial charge in [-0.25, -0.2) is 4.98 Å². The zero-order chi connectivity index (χ0) is 24.5. The highest BCUT2D eigenvalue weighted by Gasteiger charge is 2.18. The number of carbonyl (C=O) groups is 1. The Morgan fingerprint density at radius 3 is 2.66 bits per heavy atom. The average Bonchev–Trinajstić information content (AvgIpc) is 3.26. The Bertz CT molecular complexity index is 1610. The summed E-state index contributed by atoms with van der Waals surface area (Å²) in [6, 6.07) is 23.1. The first kappa shape index (κ1) is 23.5. The largest absolute Gasteiger partial charge is 0.495 e. The summed E-state index contributed by atoms with van der Waals surface area (Å²) >= 11 is 12.2. The summed E-state index contributed by atoms with van der Waals surface area (Å²) < 4.78 is 12.8. The van der Waals surface area contributed by atoms with Crippen LogP contribution in [0.1, 0.15) is 10.4 Å². The maximum atomic E-state index is 12.8. The predicted octanol–water partition coefficient (Wildman–Crippen LogP) is 7.31. The van der Waals surface area contributed by atoms with Crippen molar-refractivity contribution in [1.29, 1.82) is 0 Å². The lowest BCUT2D eigenvalue weighted by Gasteiger charge is -2.13. The highest BCUT2D eigenvalue weighted by atomic mass is 79.9. The number of carbonyl (C=O) groups excluding carboxylic acids is 1. The maximum absolute atomic E-state index is 12.8. The second-order valence-electron chi connectivity index (χ2n) is 7.60. The molecule has 0 aliphatic heterocycles. The molecule has 0 atom stereocenters. The maximum Gasteiger partial charge on any atom is 0.261 e. The molecule has 1 aromatic heterocycles. The average molecular weight is 611 g/mol. The van der Waals surface area contributed by atoms with Gasteiger partial charge in [-0.2, -0.15) is 0 Å². The Labute approximate surface area is 222 Å². The van der Waals surface area contributed by atoms with Crippen molar-refractivity contribution in [2.75, 3.05) is 12.4 Å². The van der Waals surface area contributed by atoms with Gasteiger partial charge in [0.25, 0.3) is 5.91 Å². The molecule has 0 bridgehead atoms. The number of anilines is 1. The van der Waals surface area contributed by atoms with Gasteiger partial charge >= 0.3 is 0 Å². The summed E-state index contributed by atoms with van der Waals surface area (Å²) in [6.45, 7) is 0. The second-order valence-corrected chi connectivity index (χ2v) is 9.78. The minimum atomic E-state index is -0.401. The molecular weight excluding hydrogens is 594 g/mol. The molecule has 0 spiro atoms. The van der Waals surface area contributed by atoms with E-state index in [9.17, 15) is 4.79 Å². The van der Waals surface area contributed by atoms with E-state index in [1.54, 1.807) is 12.1 Å². The number of thiocarbonyl (C=S) groups is 1. The minimum Gasteiger partial charge on any atom is -0.495 e. The van der Waals surface area contributed by atoms with Gasteiger partial charge in [0.2, 0.25) is 5.89 Å². The molecule has 9 heteroatoms. The Morgan fingerprint density at radius 1 is 1.03 bits per heavy atom. The summed E-state index contributed by atoms with van der Waals surface area (Å²) in [5.41, 5.74) is 3.25. The Morgan fingerprint density at radius 2 is 1.83 bits per heavy atom. The second kappa shape index (κ2) is 9.77. The third-order valence-electron chi connectivity index (χ3n) is 5.35. The molecule has 6 nitrogen and oxygen atoms in total. The van der Waals surface area contributed by atoms with Crippen molar-refractivity contribution in [3.63, 3.8) is 0 Å². The molecule has 0 fully saturated rings. The number of benzene rings is 4. The zero-order valence-corrected chi connectivity index (χ0v) is 22.3. The van der Waals surface area contributed by atoms with Crippen LogP contribution in [0.4, 0.5) is 5.69 Å². The fourth-order valence-electron chi connectivity index (χ4n) is 3.80. The van der Waals surface area contributed by atoms with E-state index in [2.05, 4.69) is 59.6 Å². The number of halogens is 2. The predicted molar refractivity (Wildman–Crippen MR) is 149 cm³/mol. The zero-order valence-electron chi connectivity index (χ0n) is 18.3. The summed E-state index contributed by atoms with van der Waals surface area (Å²) in [4.78, 5) is 17.5. The number of amides is 1. The molecule has 1 heterocycles. The van der Waals surface area contributed by atoms with Gasteiger partial charge in [-0.15, -0.1) is 0 Å². The molecule has 174 valence electrons. The number of oxazole rings is 1. The molecule has 35 heavy (non-hydrogen) atoms. The monoisotopic (exact) mass is 609 g/mol. The van der Waals surface area contributed by atoms with Crippen LogP contribution in [0, 0.1) is 0 Å². The van der Waals surface area contributed by atoms with Crippen LogP contribution < -0.4 is 15.4 Å². The van der Waals surface area contributed by atoms with E-state index in [0.29, 0.717) is 38.5 Å². The van der Waals surface area contributed by atoms with Gasteiger partial charge in [0.15, 0.2) is 10.7 Å². The molecule has 1 amide bonds. The fourth-order valence-corrected chi connectivity index (χ4v) is 5.40. The van der Waals surface area contributed by atoms with E-state index in [-0.39, 0.29) is 5.11 Å². The first-order valence-corrected chi connectivity index (χ1v) is 12.5. The van der Waals surface area contributed by atoms with Gasteiger partial charge in [0, 0.05) is 15.7 Å². The summed E-state index contributed by atoms with van der Waals surface area (Å²) in [5.74, 6) is 0.553. The van der Waals surface area contributed by atoms with Crippen molar-refractivity contribution < 1.29 is 13.9 Å². The normalized spacial score (nSPS) is 10.9. The van der Waals surface area contributed by atoms with Crippen molar-refractivity contribution in [3.05, 3.63) is 87.3 Å². The Hall–Kier alpha value is -3.27. The van der Waals surface area contributed by atoms with Gasteiger partial charge in [0.1, 0.15) is 11.3 Å². The number of nitrogens with zero attached hydrogens (tertiary/aromatic N) is 1. The van der Waals surface area contributed by atoms with Crippen molar-refractivity contribution in [2.24, 2.45) is 0 Å². The molecule has 0 aliphatic carbocycles. The number of methoxy groups -OCH3 is 1.